The Bertz CT molecular complexity index is 486. The number of benzene rings is 1. The summed E-state index contributed by atoms with van der Waals surface area (Å²) in [4.78, 5) is 4.27. The van der Waals surface area contributed by atoms with Crippen LogP contribution in [0.25, 0.3) is 10.6 Å². The molecule has 0 aliphatic carbocycles. The number of hydrogen-bond donors (Lipinski definition) is 0. The Kier molecular flexibility index (Phi) is 3.38. The lowest BCUT2D eigenvalue weighted by Gasteiger charge is -1.98. The first-order valence-electron chi connectivity index (χ1n) is 4.16. The first-order valence-corrected chi connectivity index (χ1v) is 6.37. The summed E-state index contributed by atoms with van der Waals surface area (Å²) in [6.07, 6.45) is 0. The monoisotopic (exact) mass is 305 g/mol. The van der Waals surface area contributed by atoms with E-state index in [-0.39, 0.29) is 5.82 Å². The third kappa shape index (κ3) is 2.38. The van der Waals surface area contributed by atoms with Crippen LogP contribution in [0.15, 0.2) is 28.1 Å². The van der Waals surface area contributed by atoms with Crippen molar-refractivity contribution in [3.63, 3.8) is 0 Å². The lowest BCUT2D eigenvalue weighted by Crippen LogP contribution is -1.82. The largest absolute Gasteiger partial charge is 0.240 e. The Balaban J connectivity index is 2.40. The van der Waals surface area contributed by atoms with Crippen molar-refractivity contribution in [3.8, 4) is 10.6 Å². The van der Waals surface area contributed by atoms with Crippen LogP contribution >= 0.6 is 38.9 Å². The third-order valence-corrected chi connectivity index (χ3v) is 3.71. The van der Waals surface area contributed by atoms with Crippen molar-refractivity contribution in [1.29, 1.82) is 0 Å². The van der Waals surface area contributed by atoms with Gasteiger partial charge < -0.3 is 0 Å². The molecule has 0 radical (unpaired) electrons. The van der Waals surface area contributed by atoms with E-state index in [4.69, 9.17) is 11.6 Å². The normalized spacial score (nSPS) is 10.6. The summed E-state index contributed by atoms with van der Waals surface area (Å²) in [6.45, 7) is 0. The second-order valence-electron chi connectivity index (χ2n) is 2.91. The zero-order valence-electron chi connectivity index (χ0n) is 7.51. The number of nitrogens with zero attached hydrogens (tertiary/aromatic N) is 1. The van der Waals surface area contributed by atoms with E-state index in [2.05, 4.69) is 20.9 Å². The predicted octanol–water partition coefficient (Wildman–Crippen LogP) is 4.45. The molecular weight excluding hydrogens is 301 g/mol. The third-order valence-electron chi connectivity index (χ3n) is 1.86. The van der Waals surface area contributed by atoms with E-state index in [1.165, 1.54) is 17.4 Å². The molecule has 0 spiro atoms. The van der Waals surface area contributed by atoms with Crippen molar-refractivity contribution >= 4 is 38.9 Å². The van der Waals surface area contributed by atoms with Gasteiger partial charge >= 0.3 is 0 Å². The molecule has 0 saturated heterocycles. The van der Waals surface area contributed by atoms with Crippen LogP contribution in [0.3, 0.4) is 0 Å². The predicted molar refractivity (Wildman–Crippen MR) is 64.8 cm³/mol. The van der Waals surface area contributed by atoms with Gasteiger partial charge in [-0.05, 0) is 28.1 Å². The Morgan fingerprint density at radius 1 is 1.47 bits per heavy atom. The molecule has 1 nitrogen and oxygen atoms in total. The highest BCUT2D eigenvalue weighted by Crippen LogP contribution is 2.27. The summed E-state index contributed by atoms with van der Waals surface area (Å²) in [6, 6.07) is 4.96. The van der Waals surface area contributed by atoms with Crippen molar-refractivity contribution in [2.24, 2.45) is 0 Å². The van der Waals surface area contributed by atoms with Gasteiger partial charge in [0.25, 0.3) is 0 Å². The van der Waals surface area contributed by atoms with Crippen LogP contribution in [0.2, 0.25) is 0 Å². The van der Waals surface area contributed by atoms with Crippen LogP contribution in [0.1, 0.15) is 5.69 Å². The maximum Gasteiger partial charge on any atom is 0.138 e. The van der Waals surface area contributed by atoms with Gasteiger partial charge in [-0.15, -0.1) is 22.9 Å². The van der Waals surface area contributed by atoms with Crippen LogP contribution in [0.4, 0.5) is 4.39 Å². The van der Waals surface area contributed by atoms with E-state index in [1.54, 1.807) is 6.07 Å². The topological polar surface area (TPSA) is 12.9 Å². The van der Waals surface area contributed by atoms with Crippen molar-refractivity contribution < 1.29 is 4.39 Å². The minimum atomic E-state index is -0.282. The van der Waals surface area contributed by atoms with Gasteiger partial charge in [-0.1, -0.05) is 6.07 Å². The molecule has 0 amide bonds. The summed E-state index contributed by atoms with van der Waals surface area (Å²) in [7, 11) is 0. The molecule has 0 fully saturated rings. The minimum Gasteiger partial charge on any atom is -0.240 e. The molecule has 0 aliphatic rings. The molecule has 0 unspecified atom stereocenters. The molecule has 2 rings (SSSR count). The van der Waals surface area contributed by atoms with Gasteiger partial charge in [-0.25, -0.2) is 9.37 Å². The van der Waals surface area contributed by atoms with E-state index in [0.29, 0.717) is 10.4 Å². The lowest BCUT2D eigenvalue weighted by atomic mass is 10.2. The molecule has 1 heterocycles. The van der Waals surface area contributed by atoms with Crippen LogP contribution in [0.5, 0.6) is 0 Å². The quantitative estimate of drug-likeness (QED) is 0.747. The Labute approximate surface area is 104 Å². The van der Waals surface area contributed by atoms with Crippen LogP contribution in [0, 0.1) is 5.82 Å². The van der Waals surface area contributed by atoms with Crippen LogP contribution < -0.4 is 0 Å². The number of rotatable bonds is 2. The molecule has 0 N–H and O–H groups in total. The average molecular weight is 307 g/mol. The van der Waals surface area contributed by atoms with Gasteiger partial charge in [0, 0.05) is 10.9 Å². The van der Waals surface area contributed by atoms with Crippen molar-refractivity contribution in [2.45, 2.75) is 5.88 Å². The molecule has 2 aromatic rings. The average Bonchev–Trinajstić information content (AvgIpc) is 2.70. The van der Waals surface area contributed by atoms with Gasteiger partial charge in [0.15, 0.2) is 0 Å². The Morgan fingerprint density at radius 2 is 2.27 bits per heavy atom. The number of halogens is 3. The summed E-state index contributed by atoms with van der Waals surface area (Å²) in [5.74, 6) is 0.102. The Hall–Kier alpha value is -0.450. The molecule has 1 aromatic carbocycles. The second kappa shape index (κ2) is 4.60. The highest BCUT2D eigenvalue weighted by atomic mass is 79.9. The number of alkyl halides is 1. The number of thiazole rings is 1. The van der Waals surface area contributed by atoms with Gasteiger partial charge in [-0.2, -0.15) is 0 Å². The van der Waals surface area contributed by atoms with Crippen LogP contribution in [-0.2, 0) is 5.88 Å². The fraction of sp³-hybridized carbons (Fsp3) is 0.100. The van der Waals surface area contributed by atoms with E-state index >= 15 is 0 Å². The Morgan fingerprint density at radius 3 is 2.87 bits per heavy atom. The van der Waals surface area contributed by atoms with Gasteiger partial charge in [0.1, 0.15) is 10.8 Å². The maximum absolute atomic E-state index is 13.3. The molecule has 1 aromatic heterocycles. The molecule has 5 heteroatoms. The maximum atomic E-state index is 13.3. The van der Waals surface area contributed by atoms with E-state index < -0.39 is 0 Å². The van der Waals surface area contributed by atoms with Gasteiger partial charge in [0.2, 0.25) is 0 Å². The molecule has 0 atom stereocenters. The standard InChI is InChI=1S/C10H6BrClFNS/c11-8-2-1-6(3-9(8)13)10-14-7(4-12)5-15-10/h1-3,5H,4H2. The SMILES string of the molecule is Fc1cc(-c2nc(CCl)cs2)ccc1Br. The molecular formula is C10H6BrClFNS. The van der Waals surface area contributed by atoms with E-state index in [1.807, 2.05) is 11.4 Å². The zero-order chi connectivity index (χ0) is 10.8. The van der Waals surface area contributed by atoms with Crippen molar-refractivity contribution in [2.75, 3.05) is 0 Å². The summed E-state index contributed by atoms with van der Waals surface area (Å²) in [5, 5.41) is 2.67. The minimum absolute atomic E-state index is 0.282. The molecule has 0 bridgehead atoms. The molecule has 0 saturated carbocycles. The first kappa shape index (κ1) is 11.0. The fourth-order valence-electron chi connectivity index (χ4n) is 1.13. The van der Waals surface area contributed by atoms with E-state index in [0.717, 1.165) is 16.3 Å². The first-order chi connectivity index (χ1) is 7.20. The number of aromatic nitrogens is 1. The molecule has 78 valence electrons. The summed E-state index contributed by atoms with van der Waals surface area (Å²) < 4.78 is 13.7. The molecule has 0 aliphatic heterocycles. The smallest absolute Gasteiger partial charge is 0.138 e. The highest BCUT2D eigenvalue weighted by molar-refractivity contribution is 9.10. The summed E-state index contributed by atoms with van der Waals surface area (Å²) >= 11 is 10.2. The zero-order valence-corrected chi connectivity index (χ0v) is 10.7. The highest BCUT2D eigenvalue weighted by Gasteiger charge is 2.06. The number of hydrogen-bond acceptors (Lipinski definition) is 2. The summed E-state index contributed by atoms with van der Waals surface area (Å²) in [5.41, 5.74) is 1.59. The van der Waals surface area contributed by atoms with Crippen molar-refractivity contribution in [1.82, 2.24) is 4.98 Å². The second-order valence-corrected chi connectivity index (χ2v) is 4.89. The van der Waals surface area contributed by atoms with E-state index in [9.17, 15) is 4.39 Å². The lowest BCUT2D eigenvalue weighted by molar-refractivity contribution is 0.621. The van der Waals surface area contributed by atoms with Gasteiger partial charge in [0.05, 0.1) is 16.0 Å². The molecule has 15 heavy (non-hydrogen) atoms. The van der Waals surface area contributed by atoms with Gasteiger partial charge in [-0.3, -0.25) is 0 Å². The van der Waals surface area contributed by atoms with Crippen LogP contribution in [-0.4, -0.2) is 4.98 Å². The fourth-order valence-corrected chi connectivity index (χ4v) is 2.42. The van der Waals surface area contributed by atoms with Crippen molar-refractivity contribution in [3.05, 3.63) is 39.6 Å².